The van der Waals surface area contributed by atoms with Gasteiger partial charge in [0.2, 0.25) is 0 Å². The van der Waals surface area contributed by atoms with Crippen molar-refractivity contribution < 1.29 is 9.53 Å². The van der Waals surface area contributed by atoms with Crippen molar-refractivity contribution in [1.29, 1.82) is 0 Å². The van der Waals surface area contributed by atoms with Crippen LogP contribution in [-0.4, -0.2) is 23.0 Å². The fraction of sp³-hybridized carbons (Fsp3) is 0.615. The van der Waals surface area contributed by atoms with Crippen molar-refractivity contribution in [2.45, 2.75) is 39.5 Å². The molecule has 1 atom stereocenters. The Morgan fingerprint density at radius 1 is 1.29 bits per heavy atom. The Morgan fingerprint density at radius 2 is 1.94 bits per heavy atom. The Labute approximate surface area is 102 Å². The third kappa shape index (κ3) is 3.25. The highest BCUT2D eigenvalue weighted by atomic mass is 16.5. The molecule has 0 aliphatic carbocycles. The Kier molecular flexibility index (Phi) is 4.61. The predicted molar refractivity (Wildman–Crippen MR) is 65.7 cm³/mol. The molecule has 0 amide bonds. The normalized spacial score (nSPS) is 12.9. The first-order chi connectivity index (χ1) is 7.97. The van der Waals surface area contributed by atoms with E-state index in [1.54, 1.807) is 6.20 Å². The first kappa shape index (κ1) is 13.6. The van der Waals surface area contributed by atoms with Crippen molar-refractivity contribution in [3.05, 3.63) is 23.8 Å². The van der Waals surface area contributed by atoms with E-state index < -0.39 is 5.92 Å². The number of nitrogens with zero attached hydrogens (tertiary/aromatic N) is 2. The summed E-state index contributed by atoms with van der Waals surface area (Å²) >= 11 is 0. The van der Waals surface area contributed by atoms with Gasteiger partial charge in [0.15, 0.2) is 0 Å². The zero-order valence-corrected chi connectivity index (χ0v) is 11.1. The molecule has 17 heavy (non-hydrogen) atoms. The van der Waals surface area contributed by atoms with E-state index in [-0.39, 0.29) is 11.9 Å². The molecule has 1 aromatic rings. The molecule has 0 aliphatic heterocycles. The summed E-state index contributed by atoms with van der Waals surface area (Å²) in [6, 6.07) is 1.88. The molecule has 1 aromatic heterocycles. The van der Waals surface area contributed by atoms with Crippen molar-refractivity contribution in [1.82, 2.24) is 9.97 Å². The summed E-state index contributed by atoms with van der Waals surface area (Å²) in [5.41, 5.74) is 0.949. The molecule has 1 unspecified atom stereocenters. The number of ether oxygens (including phenoxy) is 1. The molecule has 4 nitrogen and oxygen atoms in total. The van der Waals surface area contributed by atoms with E-state index in [2.05, 4.69) is 23.8 Å². The number of carbonyl (C=O) groups excluding carboxylic acids is 1. The van der Waals surface area contributed by atoms with Crippen molar-refractivity contribution >= 4 is 5.97 Å². The van der Waals surface area contributed by atoms with Gasteiger partial charge in [-0.2, -0.15) is 0 Å². The molecule has 0 saturated carbocycles. The molecule has 0 spiro atoms. The monoisotopic (exact) mass is 236 g/mol. The number of hydrogen-bond donors (Lipinski definition) is 0. The lowest BCUT2D eigenvalue weighted by atomic mass is 9.95. The Hall–Kier alpha value is -1.45. The standard InChI is InChI=1S/C13H20N2O2/c1-8(2)10-6-7-14-12(15-10)11(9(3)4)13(16)17-5/h6-9,11H,1-5H3. The lowest BCUT2D eigenvalue weighted by Gasteiger charge is -2.17. The molecule has 0 radical (unpaired) electrons. The molecule has 4 heteroatoms. The van der Waals surface area contributed by atoms with E-state index in [1.807, 2.05) is 19.9 Å². The smallest absolute Gasteiger partial charge is 0.316 e. The first-order valence-electron chi connectivity index (χ1n) is 5.88. The second-order valence-electron chi connectivity index (χ2n) is 4.74. The van der Waals surface area contributed by atoms with E-state index in [9.17, 15) is 4.79 Å². The Morgan fingerprint density at radius 3 is 2.41 bits per heavy atom. The second-order valence-corrected chi connectivity index (χ2v) is 4.74. The van der Waals surface area contributed by atoms with E-state index >= 15 is 0 Å². The molecular formula is C13H20N2O2. The van der Waals surface area contributed by atoms with Gasteiger partial charge in [-0.1, -0.05) is 27.7 Å². The Balaban J connectivity index is 3.10. The minimum absolute atomic E-state index is 0.116. The highest BCUT2D eigenvalue weighted by Gasteiger charge is 2.28. The molecule has 0 aromatic carbocycles. The molecule has 0 saturated heterocycles. The van der Waals surface area contributed by atoms with Crippen LogP contribution in [0, 0.1) is 5.92 Å². The molecule has 94 valence electrons. The van der Waals surface area contributed by atoms with Crippen molar-refractivity contribution in [2.75, 3.05) is 7.11 Å². The molecular weight excluding hydrogens is 216 g/mol. The van der Waals surface area contributed by atoms with Crippen molar-refractivity contribution in [3.8, 4) is 0 Å². The zero-order chi connectivity index (χ0) is 13.0. The molecule has 1 rings (SSSR count). The van der Waals surface area contributed by atoms with E-state index in [0.29, 0.717) is 11.7 Å². The van der Waals surface area contributed by atoms with Gasteiger partial charge in [0.1, 0.15) is 11.7 Å². The van der Waals surface area contributed by atoms with Gasteiger partial charge in [-0.15, -0.1) is 0 Å². The number of carbonyl (C=O) groups is 1. The van der Waals surface area contributed by atoms with Crippen LogP contribution >= 0.6 is 0 Å². The van der Waals surface area contributed by atoms with Gasteiger partial charge in [-0.25, -0.2) is 9.97 Å². The van der Waals surface area contributed by atoms with E-state index in [4.69, 9.17) is 4.74 Å². The molecule has 0 bridgehead atoms. The SMILES string of the molecule is COC(=O)C(c1nccc(C(C)C)n1)C(C)C. The van der Waals surface area contributed by atoms with Crippen LogP contribution in [0.5, 0.6) is 0 Å². The van der Waals surface area contributed by atoms with Crippen LogP contribution in [0.25, 0.3) is 0 Å². The number of methoxy groups -OCH3 is 1. The van der Waals surface area contributed by atoms with Crippen LogP contribution in [0.4, 0.5) is 0 Å². The largest absolute Gasteiger partial charge is 0.468 e. The number of esters is 1. The summed E-state index contributed by atoms with van der Waals surface area (Å²) in [6.45, 7) is 8.06. The van der Waals surface area contributed by atoms with Crippen molar-refractivity contribution in [2.24, 2.45) is 5.92 Å². The fourth-order valence-corrected chi connectivity index (χ4v) is 1.66. The molecule has 0 aliphatic rings. The minimum atomic E-state index is -0.390. The highest BCUT2D eigenvalue weighted by molar-refractivity contribution is 5.77. The summed E-state index contributed by atoms with van der Waals surface area (Å²) < 4.78 is 4.81. The van der Waals surface area contributed by atoms with Crippen LogP contribution in [0.2, 0.25) is 0 Å². The summed E-state index contributed by atoms with van der Waals surface area (Å²) in [4.78, 5) is 20.4. The van der Waals surface area contributed by atoms with Crippen LogP contribution < -0.4 is 0 Å². The summed E-state index contributed by atoms with van der Waals surface area (Å²) in [7, 11) is 1.39. The summed E-state index contributed by atoms with van der Waals surface area (Å²) in [5, 5.41) is 0. The third-order valence-corrected chi connectivity index (χ3v) is 2.69. The fourth-order valence-electron chi connectivity index (χ4n) is 1.66. The lowest BCUT2D eigenvalue weighted by molar-refractivity contribution is -0.143. The second kappa shape index (κ2) is 5.75. The maximum Gasteiger partial charge on any atom is 0.316 e. The number of hydrogen-bond acceptors (Lipinski definition) is 4. The van der Waals surface area contributed by atoms with Crippen molar-refractivity contribution in [3.63, 3.8) is 0 Å². The van der Waals surface area contributed by atoms with Gasteiger partial charge in [0.25, 0.3) is 0 Å². The van der Waals surface area contributed by atoms with Crippen LogP contribution in [-0.2, 0) is 9.53 Å². The molecule has 0 fully saturated rings. The number of aromatic nitrogens is 2. The average molecular weight is 236 g/mol. The third-order valence-electron chi connectivity index (χ3n) is 2.69. The van der Waals surface area contributed by atoms with Crippen LogP contribution in [0.3, 0.4) is 0 Å². The van der Waals surface area contributed by atoms with Gasteiger partial charge in [0, 0.05) is 11.9 Å². The molecule has 1 heterocycles. The predicted octanol–water partition coefficient (Wildman–Crippen LogP) is 2.51. The van der Waals surface area contributed by atoms with E-state index in [0.717, 1.165) is 5.69 Å². The van der Waals surface area contributed by atoms with Gasteiger partial charge in [-0.05, 0) is 17.9 Å². The summed E-state index contributed by atoms with van der Waals surface area (Å²) in [5.74, 6) is 0.324. The summed E-state index contributed by atoms with van der Waals surface area (Å²) in [6.07, 6.45) is 1.70. The van der Waals surface area contributed by atoms with Crippen LogP contribution in [0.15, 0.2) is 12.3 Å². The highest BCUT2D eigenvalue weighted by Crippen LogP contribution is 2.23. The zero-order valence-electron chi connectivity index (χ0n) is 11.1. The first-order valence-corrected chi connectivity index (χ1v) is 5.88. The van der Waals surface area contributed by atoms with Gasteiger partial charge < -0.3 is 4.74 Å². The average Bonchev–Trinajstić information content (AvgIpc) is 2.28. The number of rotatable bonds is 4. The van der Waals surface area contributed by atoms with Gasteiger partial charge in [-0.3, -0.25) is 4.79 Å². The minimum Gasteiger partial charge on any atom is -0.468 e. The topological polar surface area (TPSA) is 52.1 Å². The van der Waals surface area contributed by atoms with Crippen LogP contribution in [0.1, 0.15) is 51.0 Å². The quantitative estimate of drug-likeness (QED) is 0.754. The van der Waals surface area contributed by atoms with Gasteiger partial charge in [0.05, 0.1) is 7.11 Å². The maximum atomic E-state index is 11.7. The van der Waals surface area contributed by atoms with Gasteiger partial charge >= 0.3 is 5.97 Å². The van der Waals surface area contributed by atoms with E-state index in [1.165, 1.54) is 7.11 Å². The Bertz CT molecular complexity index is 389. The maximum absolute atomic E-state index is 11.7. The molecule has 0 N–H and O–H groups in total. The lowest BCUT2D eigenvalue weighted by Crippen LogP contribution is -2.22.